The number of alkyl halides is 1. The Labute approximate surface area is 103 Å². The van der Waals surface area contributed by atoms with E-state index in [1.54, 1.807) is 0 Å². The van der Waals surface area contributed by atoms with Gasteiger partial charge in [-0.3, -0.25) is 0 Å². The van der Waals surface area contributed by atoms with Crippen LogP contribution in [0.15, 0.2) is 30.3 Å². The van der Waals surface area contributed by atoms with Crippen LogP contribution in [0, 0.1) is 0 Å². The molecular formula is C11H15IO3. The molecule has 0 aliphatic heterocycles. The second-order valence-corrected chi connectivity index (χ2v) is 4.72. The van der Waals surface area contributed by atoms with Crippen LogP contribution in [0.3, 0.4) is 0 Å². The van der Waals surface area contributed by atoms with E-state index in [1.807, 2.05) is 30.3 Å². The first-order valence-electron chi connectivity index (χ1n) is 4.82. The van der Waals surface area contributed by atoms with Crippen molar-refractivity contribution in [1.82, 2.24) is 0 Å². The quantitative estimate of drug-likeness (QED) is 0.617. The Balaban J connectivity index is 2.72. The van der Waals surface area contributed by atoms with Crippen LogP contribution in [0.2, 0.25) is 0 Å². The van der Waals surface area contributed by atoms with Crippen molar-refractivity contribution in [3.63, 3.8) is 0 Å². The first kappa shape index (κ1) is 12.9. The molecule has 0 radical (unpaired) electrons. The normalized spacial score (nSPS) is 14.9. The molecular weight excluding hydrogens is 307 g/mol. The van der Waals surface area contributed by atoms with E-state index in [-0.39, 0.29) is 23.2 Å². The lowest BCUT2D eigenvalue weighted by Gasteiger charge is -2.21. The zero-order chi connectivity index (χ0) is 11.1. The number of aliphatic hydroxyl groups is 2. The number of aliphatic hydroxyl groups excluding tert-OH is 2. The van der Waals surface area contributed by atoms with Crippen molar-refractivity contribution < 1.29 is 14.9 Å². The minimum atomic E-state index is -0.163. The minimum Gasteiger partial charge on any atom is -0.395 e. The van der Waals surface area contributed by atoms with Crippen LogP contribution in [0.4, 0.5) is 0 Å². The molecule has 1 aromatic carbocycles. The van der Waals surface area contributed by atoms with Gasteiger partial charge >= 0.3 is 0 Å². The summed E-state index contributed by atoms with van der Waals surface area (Å²) in [5.41, 5.74) is 1.03. The maximum Gasteiger partial charge on any atom is 0.0965 e. The van der Waals surface area contributed by atoms with Gasteiger partial charge in [0.1, 0.15) is 0 Å². The molecule has 3 nitrogen and oxygen atoms in total. The third-order valence-corrected chi connectivity index (χ3v) is 3.07. The van der Waals surface area contributed by atoms with Gasteiger partial charge in [0.2, 0.25) is 0 Å². The van der Waals surface area contributed by atoms with Gasteiger partial charge in [0, 0.05) is 0 Å². The fourth-order valence-corrected chi connectivity index (χ4v) is 1.95. The molecule has 0 fully saturated rings. The number of halogens is 1. The monoisotopic (exact) mass is 322 g/mol. The van der Waals surface area contributed by atoms with E-state index in [4.69, 9.17) is 14.9 Å². The Kier molecular flexibility index (Phi) is 6.16. The Morgan fingerprint density at radius 3 is 2.40 bits per heavy atom. The van der Waals surface area contributed by atoms with Crippen molar-refractivity contribution in [1.29, 1.82) is 0 Å². The maximum atomic E-state index is 9.12. The predicted molar refractivity (Wildman–Crippen MR) is 67.1 cm³/mol. The lowest BCUT2D eigenvalue weighted by Crippen LogP contribution is -2.20. The van der Waals surface area contributed by atoms with Crippen LogP contribution >= 0.6 is 22.6 Å². The second-order valence-electron chi connectivity index (χ2n) is 3.12. The smallest absolute Gasteiger partial charge is 0.0965 e. The molecule has 0 amide bonds. The van der Waals surface area contributed by atoms with Crippen molar-refractivity contribution in [3.8, 4) is 0 Å². The van der Waals surface area contributed by atoms with E-state index < -0.39 is 0 Å². The van der Waals surface area contributed by atoms with Crippen molar-refractivity contribution in [2.24, 2.45) is 0 Å². The second kappa shape index (κ2) is 7.16. The van der Waals surface area contributed by atoms with Gasteiger partial charge in [0.05, 0.1) is 29.8 Å². The van der Waals surface area contributed by atoms with Gasteiger partial charge in [-0.05, 0) is 5.56 Å². The first-order valence-corrected chi connectivity index (χ1v) is 6.06. The third-order valence-electron chi connectivity index (χ3n) is 2.02. The fraction of sp³-hybridized carbons (Fsp3) is 0.455. The summed E-state index contributed by atoms with van der Waals surface area (Å²) in [6.45, 7) is 0.350. The zero-order valence-electron chi connectivity index (χ0n) is 8.34. The van der Waals surface area contributed by atoms with E-state index in [1.165, 1.54) is 0 Å². The van der Waals surface area contributed by atoms with Gasteiger partial charge in [-0.15, -0.1) is 0 Å². The summed E-state index contributed by atoms with van der Waals surface area (Å²) < 4.78 is 5.51. The van der Waals surface area contributed by atoms with Crippen molar-refractivity contribution in [2.75, 3.05) is 19.8 Å². The molecule has 4 heteroatoms. The summed E-state index contributed by atoms with van der Waals surface area (Å²) in [5.74, 6) is 0. The summed E-state index contributed by atoms with van der Waals surface area (Å²) in [5, 5.41) is 17.8. The fourth-order valence-electron chi connectivity index (χ4n) is 1.33. The largest absolute Gasteiger partial charge is 0.395 e. The lowest BCUT2D eigenvalue weighted by molar-refractivity contribution is 0.0212. The van der Waals surface area contributed by atoms with E-state index in [0.717, 1.165) is 5.56 Å². The Morgan fingerprint density at radius 2 is 1.87 bits per heavy atom. The maximum absolute atomic E-state index is 9.12. The predicted octanol–water partition coefficient (Wildman–Crippen LogP) is 1.53. The highest BCUT2D eigenvalue weighted by Crippen LogP contribution is 2.26. The summed E-state index contributed by atoms with van der Waals surface area (Å²) in [4.78, 5) is 0. The first-order chi connectivity index (χ1) is 7.29. The standard InChI is InChI=1S/C11H15IO3/c12-10(8-14)11(15-7-6-13)9-4-2-1-3-5-9/h1-5,10-11,13-14H,6-8H2/t10-,11+/m1/s1. The zero-order valence-corrected chi connectivity index (χ0v) is 10.5. The van der Waals surface area contributed by atoms with Crippen molar-refractivity contribution in [3.05, 3.63) is 35.9 Å². The molecule has 0 saturated heterocycles. The molecule has 2 N–H and O–H groups in total. The van der Waals surface area contributed by atoms with Gasteiger partial charge in [0.25, 0.3) is 0 Å². The molecule has 0 saturated carbocycles. The van der Waals surface area contributed by atoms with Crippen LogP contribution in [0.25, 0.3) is 0 Å². The number of ether oxygens (including phenoxy) is 1. The summed E-state index contributed by atoms with van der Waals surface area (Å²) in [7, 11) is 0. The average Bonchev–Trinajstić information content (AvgIpc) is 2.30. The van der Waals surface area contributed by atoms with Gasteiger partial charge in [-0.2, -0.15) is 0 Å². The van der Waals surface area contributed by atoms with Crippen LogP contribution in [-0.2, 0) is 4.74 Å². The number of rotatable bonds is 6. The molecule has 1 aromatic rings. The summed E-state index contributed by atoms with van der Waals surface area (Å²) in [6.07, 6.45) is -0.163. The molecule has 0 heterocycles. The minimum absolute atomic E-state index is 0.00186. The highest BCUT2D eigenvalue weighted by atomic mass is 127. The van der Waals surface area contributed by atoms with Crippen LogP contribution in [0.1, 0.15) is 11.7 Å². The van der Waals surface area contributed by atoms with Crippen LogP contribution in [-0.4, -0.2) is 34.0 Å². The molecule has 0 spiro atoms. The van der Waals surface area contributed by atoms with Gasteiger partial charge in [-0.25, -0.2) is 0 Å². The van der Waals surface area contributed by atoms with Crippen LogP contribution in [0.5, 0.6) is 0 Å². The summed E-state index contributed by atoms with van der Waals surface area (Å²) in [6, 6.07) is 9.73. The third kappa shape index (κ3) is 4.06. The van der Waals surface area contributed by atoms with E-state index in [2.05, 4.69) is 22.6 Å². The lowest BCUT2D eigenvalue weighted by atomic mass is 10.1. The van der Waals surface area contributed by atoms with E-state index in [0.29, 0.717) is 6.61 Å². The number of benzene rings is 1. The number of hydrogen-bond donors (Lipinski definition) is 2. The van der Waals surface area contributed by atoms with Crippen LogP contribution < -0.4 is 0 Å². The topological polar surface area (TPSA) is 49.7 Å². The Hall–Kier alpha value is -0.170. The van der Waals surface area contributed by atoms with Gasteiger partial charge in [0.15, 0.2) is 0 Å². The molecule has 0 bridgehead atoms. The number of hydrogen-bond acceptors (Lipinski definition) is 3. The van der Waals surface area contributed by atoms with E-state index in [9.17, 15) is 0 Å². The van der Waals surface area contributed by atoms with E-state index >= 15 is 0 Å². The SMILES string of the molecule is OCCO[C@@H](c1ccccc1)[C@H](I)CO. The molecule has 84 valence electrons. The van der Waals surface area contributed by atoms with Crippen molar-refractivity contribution in [2.45, 2.75) is 10.0 Å². The Morgan fingerprint density at radius 1 is 1.20 bits per heavy atom. The molecule has 1 rings (SSSR count). The highest BCUT2D eigenvalue weighted by molar-refractivity contribution is 14.1. The molecule has 0 unspecified atom stereocenters. The molecule has 15 heavy (non-hydrogen) atoms. The average molecular weight is 322 g/mol. The summed E-state index contributed by atoms with van der Waals surface area (Å²) >= 11 is 2.15. The van der Waals surface area contributed by atoms with Gasteiger partial charge in [-0.1, -0.05) is 52.9 Å². The molecule has 0 aliphatic rings. The van der Waals surface area contributed by atoms with Gasteiger partial charge < -0.3 is 14.9 Å². The van der Waals surface area contributed by atoms with Crippen molar-refractivity contribution >= 4 is 22.6 Å². The Bertz CT molecular complexity index is 266. The molecule has 0 aromatic heterocycles. The highest BCUT2D eigenvalue weighted by Gasteiger charge is 2.20. The molecule has 0 aliphatic carbocycles. The molecule has 2 atom stereocenters.